The Hall–Kier alpha value is -1.00. The largest absolute Gasteiger partial charge is 0.330 e. The fourth-order valence-corrected chi connectivity index (χ4v) is 1.09. The smallest absolute Gasteiger partial charge is 0.159 e. The molecule has 0 fully saturated rings. The zero-order valence-electron chi connectivity index (χ0n) is 7.13. The zero-order valence-corrected chi connectivity index (χ0v) is 7.13. The van der Waals surface area contributed by atoms with E-state index in [1.807, 2.05) is 0 Å². The quantitative estimate of drug-likeness (QED) is 0.747. The third-order valence-corrected chi connectivity index (χ3v) is 1.85. The van der Waals surface area contributed by atoms with Gasteiger partial charge in [0.05, 0.1) is 0 Å². The summed E-state index contributed by atoms with van der Waals surface area (Å²) in [5.41, 5.74) is 11.5. The average molecular weight is 186 g/mol. The van der Waals surface area contributed by atoms with Crippen LogP contribution in [-0.2, 0) is 0 Å². The first-order chi connectivity index (χ1) is 6.15. The van der Waals surface area contributed by atoms with Gasteiger partial charge in [-0.25, -0.2) is 8.78 Å². The van der Waals surface area contributed by atoms with Crippen molar-refractivity contribution in [1.82, 2.24) is 0 Å². The Kier molecular flexibility index (Phi) is 3.33. The number of hydrogen-bond donors (Lipinski definition) is 2. The molecule has 4 N–H and O–H groups in total. The van der Waals surface area contributed by atoms with E-state index in [9.17, 15) is 8.78 Å². The molecule has 1 unspecified atom stereocenters. The molecule has 0 aliphatic heterocycles. The lowest BCUT2D eigenvalue weighted by Crippen LogP contribution is -2.15. The van der Waals surface area contributed by atoms with Gasteiger partial charge in [0.25, 0.3) is 0 Å². The van der Waals surface area contributed by atoms with Gasteiger partial charge in [-0.2, -0.15) is 0 Å². The van der Waals surface area contributed by atoms with Gasteiger partial charge >= 0.3 is 0 Å². The Balaban J connectivity index is 2.84. The molecule has 1 atom stereocenters. The Morgan fingerprint density at radius 2 is 1.92 bits per heavy atom. The minimum atomic E-state index is -0.870. The van der Waals surface area contributed by atoms with Gasteiger partial charge < -0.3 is 11.5 Å². The van der Waals surface area contributed by atoms with Crippen molar-refractivity contribution in [3.05, 3.63) is 35.4 Å². The Morgan fingerprint density at radius 1 is 1.23 bits per heavy atom. The molecule has 0 saturated carbocycles. The van der Waals surface area contributed by atoms with E-state index in [0.717, 1.165) is 12.1 Å². The fraction of sp³-hybridized carbons (Fsp3) is 0.333. The van der Waals surface area contributed by atoms with Gasteiger partial charge in [0.2, 0.25) is 0 Å². The van der Waals surface area contributed by atoms with Gasteiger partial charge in [-0.3, -0.25) is 0 Å². The van der Waals surface area contributed by atoms with Crippen molar-refractivity contribution in [2.75, 3.05) is 6.54 Å². The molecule has 0 aliphatic carbocycles. The second kappa shape index (κ2) is 4.30. The van der Waals surface area contributed by atoms with Crippen molar-refractivity contribution in [2.45, 2.75) is 12.5 Å². The highest BCUT2D eigenvalue weighted by atomic mass is 19.2. The average Bonchev–Trinajstić information content (AvgIpc) is 2.10. The van der Waals surface area contributed by atoms with Gasteiger partial charge in [0, 0.05) is 6.04 Å². The third-order valence-electron chi connectivity index (χ3n) is 1.85. The zero-order chi connectivity index (χ0) is 9.84. The van der Waals surface area contributed by atoms with Crippen molar-refractivity contribution in [3.63, 3.8) is 0 Å². The Morgan fingerprint density at radius 3 is 2.46 bits per heavy atom. The summed E-state index contributed by atoms with van der Waals surface area (Å²) in [7, 11) is 0. The van der Waals surface area contributed by atoms with E-state index in [2.05, 4.69) is 0 Å². The van der Waals surface area contributed by atoms with Crippen LogP contribution < -0.4 is 11.5 Å². The summed E-state index contributed by atoms with van der Waals surface area (Å²) < 4.78 is 25.2. The van der Waals surface area contributed by atoms with Gasteiger partial charge in [0.1, 0.15) is 0 Å². The highest BCUT2D eigenvalue weighted by Crippen LogP contribution is 2.16. The van der Waals surface area contributed by atoms with Crippen LogP contribution in [0.4, 0.5) is 8.78 Å². The SMILES string of the molecule is NCCC(N)c1ccc(F)c(F)c1. The van der Waals surface area contributed by atoms with E-state index < -0.39 is 11.6 Å². The number of hydrogen-bond acceptors (Lipinski definition) is 2. The molecule has 13 heavy (non-hydrogen) atoms. The number of rotatable bonds is 3. The minimum absolute atomic E-state index is 0.319. The van der Waals surface area contributed by atoms with E-state index in [0.29, 0.717) is 18.5 Å². The van der Waals surface area contributed by atoms with Gasteiger partial charge in [-0.1, -0.05) is 6.07 Å². The molecular formula is C9H12F2N2. The molecule has 2 nitrogen and oxygen atoms in total. The highest BCUT2D eigenvalue weighted by molar-refractivity contribution is 5.20. The van der Waals surface area contributed by atoms with E-state index >= 15 is 0 Å². The molecule has 0 aromatic heterocycles. The molecule has 4 heteroatoms. The fourth-order valence-electron chi connectivity index (χ4n) is 1.09. The first-order valence-corrected chi connectivity index (χ1v) is 4.05. The monoisotopic (exact) mass is 186 g/mol. The first kappa shape index (κ1) is 10.1. The van der Waals surface area contributed by atoms with Crippen molar-refractivity contribution in [1.29, 1.82) is 0 Å². The van der Waals surface area contributed by atoms with Crippen LogP contribution in [0.1, 0.15) is 18.0 Å². The van der Waals surface area contributed by atoms with Crippen LogP contribution in [-0.4, -0.2) is 6.54 Å². The molecule has 0 saturated heterocycles. The van der Waals surface area contributed by atoms with Crippen LogP contribution in [0.5, 0.6) is 0 Å². The van der Waals surface area contributed by atoms with E-state index in [1.165, 1.54) is 6.07 Å². The van der Waals surface area contributed by atoms with Crippen LogP contribution in [0.25, 0.3) is 0 Å². The molecule has 0 heterocycles. The van der Waals surface area contributed by atoms with Crippen molar-refractivity contribution < 1.29 is 8.78 Å². The van der Waals surface area contributed by atoms with E-state index in [4.69, 9.17) is 11.5 Å². The number of nitrogens with two attached hydrogens (primary N) is 2. The van der Waals surface area contributed by atoms with Crippen LogP contribution in [0.15, 0.2) is 18.2 Å². The molecule has 0 amide bonds. The highest BCUT2D eigenvalue weighted by Gasteiger charge is 2.08. The predicted octanol–water partition coefficient (Wildman–Crippen LogP) is 1.31. The lowest BCUT2D eigenvalue weighted by Gasteiger charge is -2.10. The van der Waals surface area contributed by atoms with Gasteiger partial charge in [-0.15, -0.1) is 0 Å². The lowest BCUT2D eigenvalue weighted by molar-refractivity contribution is 0.504. The van der Waals surface area contributed by atoms with Gasteiger partial charge in [0.15, 0.2) is 11.6 Å². The minimum Gasteiger partial charge on any atom is -0.330 e. The summed E-state index contributed by atoms with van der Waals surface area (Å²) in [4.78, 5) is 0. The molecule has 0 spiro atoms. The lowest BCUT2D eigenvalue weighted by atomic mass is 10.0. The normalized spacial score (nSPS) is 12.9. The maximum Gasteiger partial charge on any atom is 0.159 e. The molecule has 0 bridgehead atoms. The van der Waals surface area contributed by atoms with Crippen LogP contribution >= 0.6 is 0 Å². The molecule has 1 rings (SSSR count). The molecule has 1 aromatic carbocycles. The van der Waals surface area contributed by atoms with E-state index in [-0.39, 0.29) is 6.04 Å². The molecular weight excluding hydrogens is 174 g/mol. The summed E-state index contributed by atoms with van der Waals surface area (Å²) in [5.74, 6) is -1.73. The maximum atomic E-state index is 12.7. The predicted molar refractivity (Wildman–Crippen MR) is 47.0 cm³/mol. The Labute approximate surface area is 75.5 Å². The summed E-state index contributed by atoms with van der Waals surface area (Å²) in [6.45, 7) is 0.431. The van der Waals surface area contributed by atoms with Crippen LogP contribution in [0, 0.1) is 11.6 Å². The van der Waals surface area contributed by atoms with Crippen LogP contribution in [0.3, 0.4) is 0 Å². The molecule has 72 valence electrons. The number of benzene rings is 1. The van der Waals surface area contributed by atoms with Crippen molar-refractivity contribution in [3.8, 4) is 0 Å². The summed E-state index contributed by atoms with van der Waals surface area (Å²) in [6, 6.07) is 3.33. The van der Waals surface area contributed by atoms with Crippen LogP contribution in [0.2, 0.25) is 0 Å². The summed E-state index contributed by atoms with van der Waals surface area (Å²) in [5, 5.41) is 0. The maximum absolute atomic E-state index is 12.7. The molecule has 1 aromatic rings. The summed E-state index contributed by atoms with van der Waals surface area (Å²) >= 11 is 0. The third kappa shape index (κ3) is 2.47. The van der Waals surface area contributed by atoms with Gasteiger partial charge in [-0.05, 0) is 30.7 Å². The topological polar surface area (TPSA) is 52.0 Å². The second-order valence-corrected chi connectivity index (χ2v) is 2.86. The van der Waals surface area contributed by atoms with Crippen molar-refractivity contribution >= 4 is 0 Å². The molecule has 0 aliphatic rings. The van der Waals surface area contributed by atoms with Crippen molar-refractivity contribution in [2.24, 2.45) is 11.5 Å². The summed E-state index contributed by atoms with van der Waals surface area (Å²) in [6.07, 6.45) is 0.561. The molecule has 0 radical (unpaired) electrons. The standard InChI is InChI=1S/C9H12F2N2/c10-7-2-1-6(5-8(7)11)9(13)3-4-12/h1-2,5,9H,3-4,12-13H2. The Bertz CT molecular complexity index is 289. The second-order valence-electron chi connectivity index (χ2n) is 2.86. The van der Waals surface area contributed by atoms with E-state index in [1.54, 1.807) is 0 Å². The first-order valence-electron chi connectivity index (χ1n) is 4.05. The number of halogens is 2.